The highest BCUT2D eigenvalue weighted by Crippen LogP contribution is 2.24. The van der Waals surface area contributed by atoms with Crippen molar-refractivity contribution >= 4 is 11.6 Å². The fraction of sp³-hybridized carbons (Fsp3) is 1.00. The first-order valence-electron chi connectivity index (χ1n) is 5.67. The van der Waals surface area contributed by atoms with Crippen LogP contribution < -0.4 is 0 Å². The van der Waals surface area contributed by atoms with E-state index in [1.165, 1.54) is 38.6 Å². The zero-order valence-corrected chi connectivity index (χ0v) is 9.93. The number of hydrogen-bond acceptors (Lipinski definition) is 2. The summed E-state index contributed by atoms with van der Waals surface area (Å²) in [6.45, 7) is 3.14. The van der Waals surface area contributed by atoms with Crippen LogP contribution in [0.25, 0.3) is 0 Å². The van der Waals surface area contributed by atoms with Gasteiger partial charge in [-0.05, 0) is 32.2 Å². The molecule has 1 aliphatic rings. The molecule has 3 heteroatoms. The van der Waals surface area contributed by atoms with Gasteiger partial charge >= 0.3 is 0 Å². The normalized spacial score (nSPS) is 17.4. The maximum absolute atomic E-state index is 5.80. The Kier molecular flexibility index (Phi) is 6.57. The lowest BCUT2D eigenvalue weighted by molar-refractivity contribution is 0.125. The predicted molar refractivity (Wildman–Crippen MR) is 61.0 cm³/mol. The molecule has 14 heavy (non-hydrogen) atoms. The summed E-state index contributed by atoms with van der Waals surface area (Å²) in [5, 5.41) is 0. The fourth-order valence-electron chi connectivity index (χ4n) is 1.90. The van der Waals surface area contributed by atoms with E-state index in [1.807, 2.05) is 0 Å². The van der Waals surface area contributed by atoms with Gasteiger partial charge < -0.3 is 4.74 Å². The SMILES string of the molecule is COCCCCN(CCCl)C1CCC1. The lowest BCUT2D eigenvalue weighted by atomic mass is 9.91. The largest absolute Gasteiger partial charge is 0.385 e. The van der Waals surface area contributed by atoms with Crippen molar-refractivity contribution in [1.82, 2.24) is 4.90 Å². The van der Waals surface area contributed by atoms with Gasteiger partial charge in [-0.3, -0.25) is 4.90 Å². The summed E-state index contributed by atoms with van der Waals surface area (Å²) in [7, 11) is 1.77. The third kappa shape index (κ3) is 4.16. The van der Waals surface area contributed by atoms with Crippen LogP contribution in [0.1, 0.15) is 32.1 Å². The van der Waals surface area contributed by atoms with Crippen molar-refractivity contribution in [2.45, 2.75) is 38.1 Å². The van der Waals surface area contributed by atoms with Crippen molar-refractivity contribution in [2.24, 2.45) is 0 Å². The standard InChI is InChI=1S/C11H22ClNO/c1-14-10-3-2-8-13(9-7-12)11-5-4-6-11/h11H,2-10H2,1H3. The Hall–Kier alpha value is 0.210. The van der Waals surface area contributed by atoms with E-state index < -0.39 is 0 Å². The number of halogens is 1. The summed E-state index contributed by atoms with van der Waals surface area (Å²) in [6.07, 6.45) is 6.56. The first-order valence-corrected chi connectivity index (χ1v) is 6.21. The van der Waals surface area contributed by atoms with Crippen LogP contribution >= 0.6 is 11.6 Å². The minimum absolute atomic E-state index is 0.765. The summed E-state index contributed by atoms with van der Waals surface area (Å²) < 4.78 is 5.04. The Labute approximate surface area is 92.6 Å². The topological polar surface area (TPSA) is 12.5 Å². The Balaban J connectivity index is 2.08. The molecule has 1 saturated carbocycles. The average Bonchev–Trinajstić information content (AvgIpc) is 2.10. The van der Waals surface area contributed by atoms with Gasteiger partial charge in [0.25, 0.3) is 0 Å². The van der Waals surface area contributed by atoms with E-state index in [0.717, 1.165) is 25.1 Å². The Morgan fingerprint density at radius 3 is 2.57 bits per heavy atom. The van der Waals surface area contributed by atoms with Crippen molar-refractivity contribution in [3.05, 3.63) is 0 Å². The van der Waals surface area contributed by atoms with E-state index in [2.05, 4.69) is 4.90 Å². The highest BCUT2D eigenvalue weighted by atomic mass is 35.5. The van der Waals surface area contributed by atoms with Gasteiger partial charge in [0.15, 0.2) is 0 Å². The van der Waals surface area contributed by atoms with Gasteiger partial charge in [0.1, 0.15) is 0 Å². The Morgan fingerprint density at radius 2 is 2.07 bits per heavy atom. The molecule has 0 aliphatic heterocycles. The van der Waals surface area contributed by atoms with E-state index in [1.54, 1.807) is 7.11 Å². The number of rotatable bonds is 8. The van der Waals surface area contributed by atoms with Crippen molar-refractivity contribution in [3.8, 4) is 0 Å². The van der Waals surface area contributed by atoms with Crippen LogP contribution in [-0.4, -0.2) is 43.6 Å². The van der Waals surface area contributed by atoms with Crippen LogP contribution in [0.2, 0.25) is 0 Å². The van der Waals surface area contributed by atoms with E-state index in [4.69, 9.17) is 16.3 Å². The molecule has 0 radical (unpaired) electrons. The van der Waals surface area contributed by atoms with Crippen LogP contribution in [-0.2, 0) is 4.74 Å². The second-order valence-electron chi connectivity index (χ2n) is 4.01. The maximum atomic E-state index is 5.80. The molecular formula is C11H22ClNO. The molecule has 0 spiro atoms. The molecule has 0 aromatic rings. The Bertz CT molecular complexity index is 139. The summed E-state index contributed by atoms with van der Waals surface area (Å²) >= 11 is 5.80. The average molecular weight is 220 g/mol. The molecule has 84 valence electrons. The molecule has 1 rings (SSSR count). The number of hydrogen-bond donors (Lipinski definition) is 0. The number of ether oxygens (including phenoxy) is 1. The van der Waals surface area contributed by atoms with Gasteiger partial charge in [-0.2, -0.15) is 0 Å². The minimum atomic E-state index is 0.765. The zero-order chi connectivity index (χ0) is 10.2. The van der Waals surface area contributed by atoms with Gasteiger partial charge in [-0.25, -0.2) is 0 Å². The molecule has 1 aliphatic carbocycles. The lowest BCUT2D eigenvalue weighted by Crippen LogP contribution is -2.41. The van der Waals surface area contributed by atoms with Crippen LogP contribution in [0.3, 0.4) is 0 Å². The number of unbranched alkanes of at least 4 members (excludes halogenated alkanes) is 1. The molecule has 0 atom stereocenters. The zero-order valence-electron chi connectivity index (χ0n) is 9.17. The molecule has 0 amide bonds. The van der Waals surface area contributed by atoms with Crippen molar-refractivity contribution in [3.63, 3.8) is 0 Å². The van der Waals surface area contributed by atoms with E-state index in [9.17, 15) is 0 Å². The van der Waals surface area contributed by atoms with E-state index in [-0.39, 0.29) is 0 Å². The molecule has 0 saturated heterocycles. The number of nitrogens with zero attached hydrogens (tertiary/aromatic N) is 1. The highest BCUT2D eigenvalue weighted by molar-refractivity contribution is 6.18. The van der Waals surface area contributed by atoms with Crippen LogP contribution in [0.15, 0.2) is 0 Å². The fourth-order valence-corrected chi connectivity index (χ4v) is 2.12. The maximum Gasteiger partial charge on any atom is 0.0462 e. The summed E-state index contributed by atoms with van der Waals surface area (Å²) in [5.41, 5.74) is 0. The lowest BCUT2D eigenvalue weighted by Gasteiger charge is -2.37. The number of alkyl halides is 1. The molecule has 0 aromatic carbocycles. The smallest absolute Gasteiger partial charge is 0.0462 e. The summed E-state index contributed by atoms with van der Waals surface area (Å²) in [5.74, 6) is 0.765. The van der Waals surface area contributed by atoms with Crippen molar-refractivity contribution in [1.29, 1.82) is 0 Å². The molecule has 0 unspecified atom stereocenters. The molecule has 2 nitrogen and oxygen atoms in total. The molecule has 0 bridgehead atoms. The summed E-state index contributed by atoms with van der Waals surface area (Å²) in [6, 6.07) is 0.830. The first kappa shape index (κ1) is 12.3. The van der Waals surface area contributed by atoms with Crippen molar-refractivity contribution in [2.75, 3.05) is 32.7 Å². The van der Waals surface area contributed by atoms with Crippen LogP contribution in [0.4, 0.5) is 0 Å². The second kappa shape index (κ2) is 7.49. The summed E-state index contributed by atoms with van der Waals surface area (Å²) in [4.78, 5) is 2.55. The van der Waals surface area contributed by atoms with Gasteiger partial charge in [0.2, 0.25) is 0 Å². The monoisotopic (exact) mass is 219 g/mol. The number of methoxy groups -OCH3 is 1. The van der Waals surface area contributed by atoms with Crippen LogP contribution in [0.5, 0.6) is 0 Å². The molecule has 0 heterocycles. The van der Waals surface area contributed by atoms with Gasteiger partial charge in [0.05, 0.1) is 0 Å². The first-order chi connectivity index (χ1) is 6.88. The van der Waals surface area contributed by atoms with E-state index in [0.29, 0.717) is 0 Å². The molecule has 0 N–H and O–H groups in total. The van der Waals surface area contributed by atoms with Crippen molar-refractivity contribution < 1.29 is 4.74 Å². The predicted octanol–water partition coefficient (Wildman–Crippen LogP) is 2.51. The van der Waals surface area contributed by atoms with Gasteiger partial charge in [0, 0.05) is 32.2 Å². The van der Waals surface area contributed by atoms with Gasteiger partial charge in [-0.15, -0.1) is 11.6 Å². The molecule has 0 aromatic heterocycles. The second-order valence-corrected chi connectivity index (χ2v) is 4.39. The molecular weight excluding hydrogens is 198 g/mol. The quantitative estimate of drug-likeness (QED) is 0.460. The molecule has 1 fully saturated rings. The Morgan fingerprint density at radius 1 is 1.29 bits per heavy atom. The third-order valence-corrected chi connectivity index (χ3v) is 3.18. The third-order valence-electron chi connectivity index (χ3n) is 3.01. The van der Waals surface area contributed by atoms with Gasteiger partial charge in [-0.1, -0.05) is 6.42 Å². The minimum Gasteiger partial charge on any atom is -0.385 e. The van der Waals surface area contributed by atoms with Crippen LogP contribution in [0, 0.1) is 0 Å². The van der Waals surface area contributed by atoms with E-state index >= 15 is 0 Å². The highest BCUT2D eigenvalue weighted by Gasteiger charge is 2.23.